The Morgan fingerprint density at radius 1 is 0.606 bits per heavy atom. The van der Waals surface area contributed by atoms with E-state index in [2.05, 4.69) is 12.6 Å². The van der Waals surface area contributed by atoms with Crippen LogP contribution in [0.15, 0.2) is 91.0 Å². The van der Waals surface area contributed by atoms with Gasteiger partial charge in [0.2, 0.25) is 0 Å². The highest BCUT2D eigenvalue weighted by molar-refractivity contribution is 7.80. The predicted molar refractivity (Wildman–Crippen MR) is 130 cm³/mol. The van der Waals surface area contributed by atoms with Crippen molar-refractivity contribution in [3.8, 4) is 0 Å². The molecule has 3 aromatic carbocycles. The zero-order valence-electron chi connectivity index (χ0n) is 18.4. The molecule has 1 saturated heterocycles. The minimum absolute atomic E-state index is 0.327. The first-order valence-corrected chi connectivity index (χ1v) is 11.8. The van der Waals surface area contributed by atoms with Crippen molar-refractivity contribution in [3.05, 3.63) is 108 Å². The van der Waals surface area contributed by atoms with E-state index < -0.39 is 30.7 Å². The molecule has 0 aromatic heterocycles. The van der Waals surface area contributed by atoms with Crippen LogP contribution in [0.25, 0.3) is 0 Å². The van der Waals surface area contributed by atoms with Crippen LogP contribution in [-0.4, -0.2) is 41.6 Å². The lowest BCUT2D eigenvalue weighted by Crippen LogP contribution is -2.60. The molecule has 0 bridgehead atoms. The zero-order valence-corrected chi connectivity index (χ0v) is 19.3. The molecule has 1 heterocycles. The van der Waals surface area contributed by atoms with Crippen LogP contribution in [-0.2, 0) is 38.8 Å². The van der Waals surface area contributed by atoms with Crippen molar-refractivity contribution in [2.45, 2.75) is 50.5 Å². The van der Waals surface area contributed by atoms with Gasteiger partial charge in [-0.25, -0.2) is 0 Å². The second-order valence-electron chi connectivity index (χ2n) is 8.03. The average molecular weight is 467 g/mol. The van der Waals surface area contributed by atoms with Gasteiger partial charge in [0.1, 0.15) is 18.3 Å². The fourth-order valence-corrected chi connectivity index (χ4v) is 4.20. The summed E-state index contributed by atoms with van der Waals surface area (Å²) < 4.78 is 24.7. The van der Waals surface area contributed by atoms with Gasteiger partial charge in [-0.15, -0.1) is 0 Å². The van der Waals surface area contributed by atoms with E-state index in [0.29, 0.717) is 25.6 Å². The number of aliphatic hydroxyl groups is 1. The van der Waals surface area contributed by atoms with Crippen molar-refractivity contribution in [1.82, 2.24) is 0 Å². The van der Waals surface area contributed by atoms with Crippen molar-refractivity contribution < 1.29 is 24.1 Å². The maximum Gasteiger partial charge on any atom is 0.184 e. The summed E-state index contributed by atoms with van der Waals surface area (Å²) in [4.78, 5) is 0. The van der Waals surface area contributed by atoms with Crippen molar-refractivity contribution in [2.24, 2.45) is 0 Å². The summed E-state index contributed by atoms with van der Waals surface area (Å²) in [6, 6.07) is 29.7. The number of thiol groups is 1. The maximum atomic E-state index is 10.8. The van der Waals surface area contributed by atoms with Gasteiger partial charge in [-0.3, -0.25) is 0 Å². The van der Waals surface area contributed by atoms with Crippen molar-refractivity contribution in [2.75, 3.05) is 5.75 Å². The predicted octanol–water partition coefficient (Wildman–Crippen LogP) is 4.39. The Bertz CT molecular complexity index is 941. The number of aliphatic hydroxyl groups excluding tert-OH is 1. The minimum Gasteiger partial charge on any atom is -0.368 e. The van der Waals surface area contributed by atoms with Crippen LogP contribution in [0.1, 0.15) is 16.7 Å². The van der Waals surface area contributed by atoms with Gasteiger partial charge in [-0.2, -0.15) is 12.6 Å². The normalized spacial score (nSPS) is 25.1. The Balaban J connectivity index is 1.53. The molecule has 1 aliphatic rings. The Morgan fingerprint density at radius 2 is 1.00 bits per heavy atom. The third-order valence-corrected chi connectivity index (χ3v) is 6.00. The average Bonchev–Trinajstić information content (AvgIpc) is 2.87. The van der Waals surface area contributed by atoms with Crippen molar-refractivity contribution in [1.29, 1.82) is 0 Å². The fourth-order valence-electron chi connectivity index (χ4n) is 3.91. The first kappa shape index (κ1) is 24.0. The molecule has 5 atom stereocenters. The maximum absolute atomic E-state index is 10.8. The molecule has 4 rings (SSSR count). The molecule has 1 N–H and O–H groups in total. The molecule has 0 aliphatic carbocycles. The Morgan fingerprint density at radius 3 is 1.42 bits per heavy atom. The molecule has 1 fully saturated rings. The highest BCUT2D eigenvalue weighted by atomic mass is 32.1. The molecule has 3 aromatic rings. The van der Waals surface area contributed by atoms with Gasteiger partial charge in [0.05, 0.1) is 25.9 Å². The summed E-state index contributed by atoms with van der Waals surface area (Å²) in [5.41, 5.74) is 3.08. The largest absolute Gasteiger partial charge is 0.368 e. The minimum atomic E-state index is -1.15. The number of ether oxygens (including phenoxy) is 4. The second kappa shape index (κ2) is 12.3. The molecule has 0 spiro atoms. The highest BCUT2D eigenvalue weighted by Crippen LogP contribution is 2.30. The topological polar surface area (TPSA) is 57.2 Å². The van der Waals surface area contributed by atoms with Crippen LogP contribution in [0.2, 0.25) is 0 Å². The van der Waals surface area contributed by atoms with Gasteiger partial charge >= 0.3 is 0 Å². The van der Waals surface area contributed by atoms with E-state index in [4.69, 9.17) is 18.9 Å². The summed E-state index contributed by atoms with van der Waals surface area (Å²) in [5.74, 6) is 0.382. The molecule has 3 unspecified atom stereocenters. The molecule has 0 radical (unpaired) electrons. The third-order valence-electron chi connectivity index (χ3n) is 5.65. The first-order valence-electron chi connectivity index (χ1n) is 11.2. The monoisotopic (exact) mass is 466 g/mol. The van der Waals surface area contributed by atoms with Gasteiger partial charge < -0.3 is 24.1 Å². The van der Waals surface area contributed by atoms with Crippen molar-refractivity contribution in [3.63, 3.8) is 0 Å². The molecule has 0 saturated carbocycles. The van der Waals surface area contributed by atoms with Gasteiger partial charge in [-0.1, -0.05) is 91.0 Å². The Kier molecular flexibility index (Phi) is 8.94. The van der Waals surface area contributed by atoms with E-state index in [1.807, 2.05) is 91.0 Å². The highest BCUT2D eigenvalue weighted by Gasteiger charge is 2.47. The number of hydrogen-bond donors (Lipinski definition) is 2. The van der Waals surface area contributed by atoms with Gasteiger partial charge in [0.25, 0.3) is 0 Å². The molecule has 1 aliphatic heterocycles. The third kappa shape index (κ3) is 6.67. The summed E-state index contributed by atoms with van der Waals surface area (Å²) in [6.45, 7) is 1.09. The first-order chi connectivity index (χ1) is 16.2. The molecule has 33 heavy (non-hydrogen) atoms. The van der Waals surface area contributed by atoms with E-state index in [0.717, 1.165) is 16.7 Å². The molecule has 0 amide bonds. The van der Waals surface area contributed by atoms with Crippen LogP contribution < -0.4 is 0 Å². The molecule has 6 heteroatoms. The number of rotatable bonds is 10. The van der Waals surface area contributed by atoms with Gasteiger partial charge in [0.15, 0.2) is 6.29 Å². The van der Waals surface area contributed by atoms with Crippen LogP contribution in [0.5, 0.6) is 0 Å². The smallest absolute Gasteiger partial charge is 0.184 e. The van der Waals surface area contributed by atoms with Crippen LogP contribution in [0.3, 0.4) is 0 Å². The lowest BCUT2D eigenvalue weighted by atomic mass is 9.98. The summed E-state index contributed by atoms with van der Waals surface area (Å²) in [7, 11) is 0. The van der Waals surface area contributed by atoms with E-state index >= 15 is 0 Å². The van der Waals surface area contributed by atoms with Crippen LogP contribution in [0, 0.1) is 0 Å². The number of benzene rings is 3. The SMILES string of the molecule is O[C@H]1OC(CS)[C@@H](OCc2ccccc2)C(OCc2ccccc2)C1OCc1ccccc1. The molecular weight excluding hydrogens is 436 g/mol. The quantitative estimate of drug-likeness (QED) is 0.434. The lowest BCUT2D eigenvalue weighted by Gasteiger charge is -2.44. The van der Waals surface area contributed by atoms with E-state index in [1.165, 1.54) is 0 Å². The standard InChI is InChI=1S/C27H30O5S/c28-27-26(31-18-22-14-8-3-9-15-22)25(30-17-21-12-6-2-7-13-21)24(23(19-33)32-27)29-16-20-10-4-1-5-11-20/h1-15,23-28,33H,16-19H2/t23?,24-,25?,26?,27+/m1/s1. The van der Waals surface area contributed by atoms with Gasteiger partial charge in [0, 0.05) is 5.75 Å². The summed E-state index contributed by atoms with van der Waals surface area (Å²) in [6.07, 6.45) is -3.31. The summed E-state index contributed by atoms with van der Waals surface area (Å²) in [5, 5.41) is 10.8. The Labute approximate surface area is 200 Å². The zero-order chi connectivity index (χ0) is 22.9. The lowest BCUT2D eigenvalue weighted by molar-refractivity contribution is -0.307. The second-order valence-corrected chi connectivity index (χ2v) is 8.40. The molecular formula is C27H30O5S. The number of hydrogen-bond acceptors (Lipinski definition) is 6. The van der Waals surface area contributed by atoms with Gasteiger partial charge in [-0.05, 0) is 16.7 Å². The molecule has 174 valence electrons. The van der Waals surface area contributed by atoms with Crippen LogP contribution >= 0.6 is 12.6 Å². The van der Waals surface area contributed by atoms with Crippen molar-refractivity contribution >= 4 is 12.6 Å². The fraction of sp³-hybridized carbons (Fsp3) is 0.333. The summed E-state index contributed by atoms with van der Waals surface area (Å²) >= 11 is 4.45. The van der Waals surface area contributed by atoms with E-state index in [9.17, 15) is 5.11 Å². The Hall–Kier alpha value is -2.19. The van der Waals surface area contributed by atoms with E-state index in [1.54, 1.807) is 0 Å². The molecule has 5 nitrogen and oxygen atoms in total. The van der Waals surface area contributed by atoms with Crippen LogP contribution in [0.4, 0.5) is 0 Å². The van der Waals surface area contributed by atoms with E-state index in [-0.39, 0.29) is 0 Å².